The molecule has 1 unspecified atom stereocenters. The third-order valence-corrected chi connectivity index (χ3v) is 11.3. The van der Waals surface area contributed by atoms with Gasteiger partial charge < -0.3 is 23.8 Å². The van der Waals surface area contributed by atoms with Gasteiger partial charge in [0.2, 0.25) is 0 Å². The van der Waals surface area contributed by atoms with Gasteiger partial charge in [0, 0.05) is 72.2 Å². The summed E-state index contributed by atoms with van der Waals surface area (Å²) >= 11 is 0. The molecule has 3 aliphatic heterocycles. The van der Waals surface area contributed by atoms with Crippen LogP contribution in [0, 0.1) is 18.8 Å². The van der Waals surface area contributed by atoms with E-state index in [1.54, 1.807) is 0 Å². The fourth-order valence-corrected chi connectivity index (χ4v) is 8.86. The molecule has 5 heterocycles. The summed E-state index contributed by atoms with van der Waals surface area (Å²) in [5, 5.41) is 2.23. The number of benzene rings is 6. The zero-order valence-corrected chi connectivity index (χ0v) is 33.0. The number of fused-ring (bicyclic) bond motifs is 11. The minimum Gasteiger partial charge on any atom is -0.509 e. The maximum atomic E-state index is 6.72. The zero-order valence-electron chi connectivity index (χ0n) is 30.7. The number of rotatable bonds is 3. The third-order valence-electron chi connectivity index (χ3n) is 11.3. The van der Waals surface area contributed by atoms with E-state index in [1.165, 1.54) is 11.1 Å². The number of hydrogen-bond donors (Lipinski definition) is 0. The van der Waals surface area contributed by atoms with Crippen LogP contribution in [0.2, 0.25) is 0 Å². The standard InChI is InChI=1S/C48H35N4O2.Pt/c1-47(2,3)30-19-24-44-38(26-30)48(36-13-6-8-17-43(36)54-44)35-23-21-32(28-42(35)51-29-50(4)40-16-11-14-37(48)46(40)51)53-31-20-22-34-33-12-5-7-15-39(33)52(41(34)27-31)45-18-9-10-25-49-45;/h5-26,29H,1-4H3;/q-3;. The van der Waals surface area contributed by atoms with E-state index in [4.69, 9.17) is 14.5 Å². The van der Waals surface area contributed by atoms with Gasteiger partial charge in [-0.15, -0.1) is 35.2 Å². The number of aromatic nitrogens is 2. The van der Waals surface area contributed by atoms with Crippen LogP contribution in [0.3, 0.4) is 0 Å². The first-order valence-electron chi connectivity index (χ1n) is 18.4. The average molecular weight is 895 g/mol. The van der Waals surface area contributed by atoms with Crippen LogP contribution in [0.25, 0.3) is 27.6 Å². The first kappa shape index (κ1) is 33.7. The quantitative estimate of drug-likeness (QED) is 0.165. The molecule has 272 valence electrons. The van der Waals surface area contributed by atoms with Crippen LogP contribution in [0.5, 0.6) is 23.0 Å². The second-order valence-corrected chi connectivity index (χ2v) is 15.4. The minimum absolute atomic E-state index is 0. The van der Waals surface area contributed by atoms with Crippen LogP contribution in [-0.2, 0) is 31.9 Å². The summed E-state index contributed by atoms with van der Waals surface area (Å²) in [7, 11) is 2.11. The van der Waals surface area contributed by atoms with Crippen molar-refractivity contribution < 1.29 is 30.5 Å². The average Bonchev–Trinajstić information content (AvgIpc) is 3.71. The Labute approximate surface area is 334 Å². The van der Waals surface area contributed by atoms with Crippen molar-refractivity contribution in [1.82, 2.24) is 9.55 Å². The summed E-state index contributed by atoms with van der Waals surface area (Å²) in [5.41, 5.74) is 10.2. The van der Waals surface area contributed by atoms with Gasteiger partial charge in [0.1, 0.15) is 17.3 Å². The summed E-state index contributed by atoms with van der Waals surface area (Å²) < 4.78 is 15.6. The van der Waals surface area contributed by atoms with Crippen molar-refractivity contribution >= 4 is 38.9 Å². The molecule has 55 heavy (non-hydrogen) atoms. The Morgan fingerprint density at radius 3 is 2.33 bits per heavy atom. The molecule has 7 heteroatoms. The van der Waals surface area contributed by atoms with E-state index in [9.17, 15) is 0 Å². The van der Waals surface area contributed by atoms with Gasteiger partial charge in [0.15, 0.2) is 0 Å². The smallest absolute Gasteiger partial charge is 0.135 e. The van der Waals surface area contributed by atoms with E-state index < -0.39 is 5.41 Å². The number of ether oxygens (including phenoxy) is 2. The monoisotopic (exact) mass is 894 g/mol. The van der Waals surface area contributed by atoms with Gasteiger partial charge in [0.25, 0.3) is 0 Å². The van der Waals surface area contributed by atoms with Crippen molar-refractivity contribution in [2.45, 2.75) is 31.6 Å². The molecular weight excluding hydrogens is 860 g/mol. The summed E-state index contributed by atoms with van der Waals surface area (Å²) in [6.45, 7) is 8.95. The topological polar surface area (TPSA) is 42.8 Å². The second kappa shape index (κ2) is 12.1. The van der Waals surface area contributed by atoms with Crippen LogP contribution in [0.15, 0.2) is 134 Å². The predicted octanol–water partition coefficient (Wildman–Crippen LogP) is 11.4. The van der Waals surface area contributed by atoms with E-state index >= 15 is 0 Å². The van der Waals surface area contributed by atoms with Crippen molar-refractivity contribution in [3.63, 3.8) is 0 Å². The first-order chi connectivity index (χ1) is 26.3. The molecule has 0 saturated carbocycles. The summed E-state index contributed by atoms with van der Waals surface area (Å²) in [5.74, 6) is 3.75. The molecule has 0 saturated heterocycles. The van der Waals surface area contributed by atoms with Gasteiger partial charge in [-0.3, -0.25) is 0 Å². The summed E-state index contributed by atoms with van der Waals surface area (Å²) in [6, 6.07) is 52.0. The van der Waals surface area contributed by atoms with E-state index in [1.807, 2.05) is 36.5 Å². The van der Waals surface area contributed by atoms with Gasteiger partial charge in [-0.1, -0.05) is 98.7 Å². The SMILES string of the molecule is CN1[CH-]N2c3[c-]c(Oc4[c-]c5c(cc4)c4ccccc4n5-c4ccccn4)ccc3C3(c4ccccc4Oc4ccc(C(C)(C)C)cc43)c3cccc1c32.[Pt]. The molecule has 11 rings (SSSR count). The number of pyridine rings is 1. The van der Waals surface area contributed by atoms with Crippen molar-refractivity contribution in [2.75, 3.05) is 16.8 Å². The van der Waals surface area contributed by atoms with E-state index in [0.717, 1.165) is 72.9 Å². The van der Waals surface area contributed by atoms with Gasteiger partial charge in [-0.2, -0.15) is 18.8 Å². The molecule has 1 atom stereocenters. The van der Waals surface area contributed by atoms with Crippen molar-refractivity contribution in [2.24, 2.45) is 0 Å². The Morgan fingerprint density at radius 2 is 1.47 bits per heavy atom. The van der Waals surface area contributed by atoms with Crippen molar-refractivity contribution in [3.05, 3.63) is 180 Å². The molecule has 6 nitrogen and oxygen atoms in total. The van der Waals surface area contributed by atoms with E-state index in [0.29, 0.717) is 11.5 Å². The van der Waals surface area contributed by atoms with Crippen LogP contribution < -0.4 is 19.3 Å². The van der Waals surface area contributed by atoms with Crippen LogP contribution in [-0.4, -0.2) is 16.6 Å². The summed E-state index contributed by atoms with van der Waals surface area (Å²) in [6.07, 6.45) is 1.82. The van der Waals surface area contributed by atoms with Crippen molar-refractivity contribution in [3.8, 4) is 28.8 Å². The largest absolute Gasteiger partial charge is 0.509 e. The Bertz CT molecular complexity index is 2840. The molecule has 0 N–H and O–H groups in total. The predicted molar refractivity (Wildman–Crippen MR) is 215 cm³/mol. The number of anilines is 3. The molecule has 0 aliphatic carbocycles. The Hall–Kier alpha value is -5.84. The third kappa shape index (κ3) is 4.74. The normalized spacial score (nSPS) is 16.3. The first-order valence-corrected chi connectivity index (χ1v) is 18.4. The fraction of sp³-hybridized carbons (Fsp3) is 0.125. The van der Waals surface area contributed by atoms with Gasteiger partial charge in [-0.05, 0) is 65.4 Å². The van der Waals surface area contributed by atoms with Crippen LogP contribution in [0.4, 0.5) is 17.1 Å². The van der Waals surface area contributed by atoms with Gasteiger partial charge in [-0.25, -0.2) is 4.98 Å². The molecule has 6 aromatic carbocycles. The van der Waals surface area contributed by atoms with Gasteiger partial charge >= 0.3 is 0 Å². The van der Waals surface area contributed by atoms with Crippen LogP contribution >= 0.6 is 0 Å². The Morgan fingerprint density at radius 1 is 0.709 bits per heavy atom. The zero-order chi connectivity index (χ0) is 36.3. The Balaban J connectivity index is 0.00000372. The number of hydrogen-bond acceptors (Lipinski definition) is 5. The molecular formula is C48H35N4O2Pt-3. The van der Waals surface area contributed by atoms with Crippen molar-refractivity contribution in [1.29, 1.82) is 0 Å². The van der Waals surface area contributed by atoms with Gasteiger partial charge in [0.05, 0.1) is 0 Å². The second-order valence-electron chi connectivity index (χ2n) is 15.4. The molecule has 3 aliphatic rings. The number of para-hydroxylation sites is 3. The molecule has 2 aromatic heterocycles. The molecule has 0 fully saturated rings. The van der Waals surface area contributed by atoms with E-state index in [2.05, 4.69) is 158 Å². The maximum absolute atomic E-state index is 6.72. The minimum atomic E-state index is -0.675. The van der Waals surface area contributed by atoms with Crippen LogP contribution in [0.1, 0.15) is 48.6 Å². The van der Waals surface area contributed by atoms with E-state index in [-0.39, 0.29) is 26.5 Å². The maximum Gasteiger partial charge on any atom is 0.135 e. The molecule has 0 amide bonds. The molecule has 0 radical (unpaired) electrons. The fourth-order valence-electron chi connectivity index (χ4n) is 8.86. The Kier molecular flexibility index (Phi) is 7.40. The summed E-state index contributed by atoms with van der Waals surface area (Å²) in [4.78, 5) is 9.16. The number of nitrogens with zero attached hydrogens (tertiary/aromatic N) is 4. The molecule has 8 aromatic rings. The molecule has 1 spiro atoms. The molecule has 0 bridgehead atoms.